The molecule has 1 saturated heterocycles. The van der Waals surface area contributed by atoms with Crippen LogP contribution in [-0.4, -0.2) is 39.6 Å². The second kappa shape index (κ2) is 7.32. The molecule has 2 aromatic carbocycles. The maximum Gasteiger partial charge on any atom is 0.264 e. The van der Waals surface area contributed by atoms with Crippen molar-refractivity contribution in [3.63, 3.8) is 0 Å². The molecule has 2 aliphatic rings. The van der Waals surface area contributed by atoms with E-state index in [2.05, 4.69) is 9.71 Å². The van der Waals surface area contributed by atoms with Crippen LogP contribution in [0.5, 0.6) is 5.75 Å². The van der Waals surface area contributed by atoms with Gasteiger partial charge in [-0.2, -0.15) is 0 Å². The number of rotatable bonds is 6. The quantitative estimate of drug-likeness (QED) is 0.636. The molecule has 1 N–H and O–H groups in total. The standard InChI is InChI=1S/C23H22N2O5S/c1-29-20-8-7-15(16-13-30-14-16)12-18(20)23(9-10-23)22(26)25-31(27,28)21-6-2-5-19-17(21)4-3-11-24-19/h2-8,11-12,16H,9-10,13-14H2,1H3,(H,25,26). The van der Waals surface area contributed by atoms with Crippen LogP contribution in [0.2, 0.25) is 0 Å². The van der Waals surface area contributed by atoms with Crippen molar-refractivity contribution in [2.24, 2.45) is 0 Å². The van der Waals surface area contributed by atoms with Gasteiger partial charge in [0.05, 0.1) is 36.2 Å². The number of carbonyl (C=O) groups is 1. The summed E-state index contributed by atoms with van der Waals surface area (Å²) >= 11 is 0. The number of hydrogen-bond acceptors (Lipinski definition) is 6. The normalized spacial score (nSPS) is 17.7. The van der Waals surface area contributed by atoms with Gasteiger partial charge in [0.15, 0.2) is 0 Å². The Morgan fingerprint density at radius 1 is 1.16 bits per heavy atom. The first-order valence-corrected chi connectivity index (χ1v) is 11.6. The molecule has 1 amide bonds. The molecule has 0 unspecified atom stereocenters. The first kappa shape index (κ1) is 20.0. The average Bonchev–Trinajstić information content (AvgIpc) is 3.54. The second-order valence-corrected chi connectivity index (χ2v) is 9.69. The van der Waals surface area contributed by atoms with Gasteiger partial charge in [0, 0.05) is 23.1 Å². The number of ether oxygens (including phenoxy) is 2. The van der Waals surface area contributed by atoms with Gasteiger partial charge in [-0.15, -0.1) is 0 Å². The number of amides is 1. The zero-order valence-electron chi connectivity index (χ0n) is 17.0. The van der Waals surface area contributed by atoms with Gasteiger partial charge < -0.3 is 9.47 Å². The van der Waals surface area contributed by atoms with E-state index >= 15 is 0 Å². The van der Waals surface area contributed by atoms with Crippen LogP contribution in [0.1, 0.15) is 29.9 Å². The van der Waals surface area contributed by atoms with Crippen molar-refractivity contribution >= 4 is 26.8 Å². The number of hydrogen-bond donors (Lipinski definition) is 1. The topological polar surface area (TPSA) is 94.6 Å². The summed E-state index contributed by atoms with van der Waals surface area (Å²) in [5, 5.41) is 0.472. The number of benzene rings is 2. The molecule has 2 heterocycles. The van der Waals surface area contributed by atoms with E-state index in [4.69, 9.17) is 9.47 Å². The zero-order valence-corrected chi connectivity index (χ0v) is 17.8. The second-order valence-electron chi connectivity index (χ2n) is 8.04. The number of carbonyl (C=O) groups excluding carboxylic acids is 1. The Morgan fingerprint density at radius 2 is 1.97 bits per heavy atom. The lowest BCUT2D eigenvalue weighted by Crippen LogP contribution is -2.39. The Bertz CT molecular complexity index is 1270. The van der Waals surface area contributed by atoms with Crippen LogP contribution < -0.4 is 9.46 Å². The third-order valence-corrected chi connectivity index (χ3v) is 7.54. The molecule has 0 spiro atoms. The molecule has 0 radical (unpaired) electrons. The molecule has 0 atom stereocenters. The van der Waals surface area contributed by atoms with E-state index in [0.717, 1.165) is 11.1 Å². The van der Waals surface area contributed by atoms with Crippen LogP contribution in [0, 0.1) is 0 Å². The highest BCUT2D eigenvalue weighted by Crippen LogP contribution is 2.52. The molecule has 31 heavy (non-hydrogen) atoms. The lowest BCUT2D eigenvalue weighted by atomic mass is 9.88. The summed E-state index contributed by atoms with van der Waals surface area (Å²) in [6, 6.07) is 14.0. The highest BCUT2D eigenvalue weighted by Gasteiger charge is 2.54. The van der Waals surface area contributed by atoms with Crippen LogP contribution in [0.25, 0.3) is 10.9 Å². The first-order chi connectivity index (χ1) is 14.9. The molecule has 3 aromatic rings. The van der Waals surface area contributed by atoms with E-state index in [1.807, 2.05) is 18.2 Å². The van der Waals surface area contributed by atoms with Gasteiger partial charge >= 0.3 is 0 Å². The molecule has 2 fully saturated rings. The molecular formula is C23H22N2O5S. The van der Waals surface area contributed by atoms with Crippen molar-refractivity contribution < 1.29 is 22.7 Å². The third-order valence-electron chi connectivity index (χ3n) is 6.16. The maximum atomic E-state index is 13.3. The lowest BCUT2D eigenvalue weighted by Gasteiger charge is -2.28. The van der Waals surface area contributed by atoms with Crippen LogP contribution in [0.3, 0.4) is 0 Å². The van der Waals surface area contributed by atoms with Crippen molar-refractivity contribution in [2.75, 3.05) is 20.3 Å². The van der Waals surface area contributed by atoms with E-state index in [1.54, 1.807) is 37.6 Å². The largest absolute Gasteiger partial charge is 0.496 e. The molecule has 7 nitrogen and oxygen atoms in total. The van der Waals surface area contributed by atoms with Crippen molar-refractivity contribution in [2.45, 2.75) is 29.1 Å². The Kier molecular flexibility index (Phi) is 4.71. The number of pyridine rings is 1. The fourth-order valence-corrected chi connectivity index (χ4v) is 5.38. The monoisotopic (exact) mass is 438 g/mol. The molecule has 0 bridgehead atoms. The van der Waals surface area contributed by atoms with Crippen LogP contribution >= 0.6 is 0 Å². The van der Waals surface area contributed by atoms with E-state index in [-0.39, 0.29) is 10.8 Å². The summed E-state index contributed by atoms with van der Waals surface area (Å²) < 4.78 is 39.4. The molecule has 1 aromatic heterocycles. The molecule has 160 valence electrons. The predicted octanol–water partition coefficient (Wildman–Crippen LogP) is 2.89. The summed E-state index contributed by atoms with van der Waals surface area (Å²) in [6.45, 7) is 1.29. The molecule has 1 saturated carbocycles. The van der Waals surface area contributed by atoms with Gasteiger partial charge in [-0.3, -0.25) is 9.78 Å². The molecule has 8 heteroatoms. The maximum absolute atomic E-state index is 13.3. The van der Waals surface area contributed by atoms with Crippen LogP contribution in [0.4, 0.5) is 0 Å². The number of sulfonamides is 1. The van der Waals surface area contributed by atoms with Gasteiger partial charge in [0.25, 0.3) is 10.0 Å². The average molecular weight is 439 g/mol. The Balaban J connectivity index is 1.49. The highest BCUT2D eigenvalue weighted by atomic mass is 32.2. The summed E-state index contributed by atoms with van der Waals surface area (Å²) in [5.41, 5.74) is 1.44. The SMILES string of the molecule is COc1ccc(C2COC2)cc1C1(C(=O)NS(=O)(=O)c2cccc3ncccc23)CC1. The van der Waals surface area contributed by atoms with E-state index < -0.39 is 21.3 Å². The number of fused-ring (bicyclic) bond motifs is 1. The minimum atomic E-state index is -4.08. The lowest BCUT2D eigenvalue weighted by molar-refractivity contribution is -0.121. The summed E-state index contributed by atoms with van der Waals surface area (Å²) in [6.07, 6.45) is 2.72. The number of aromatic nitrogens is 1. The minimum Gasteiger partial charge on any atom is -0.496 e. The van der Waals surface area contributed by atoms with Crippen molar-refractivity contribution in [3.05, 3.63) is 65.9 Å². The van der Waals surface area contributed by atoms with Crippen LogP contribution in [0.15, 0.2) is 59.6 Å². The number of nitrogens with zero attached hydrogens (tertiary/aromatic N) is 1. The van der Waals surface area contributed by atoms with Gasteiger partial charge in [-0.1, -0.05) is 18.2 Å². The Morgan fingerprint density at radius 3 is 2.65 bits per heavy atom. The predicted molar refractivity (Wildman–Crippen MR) is 115 cm³/mol. The molecule has 5 rings (SSSR count). The highest BCUT2D eigenvalue weighted by molar-refractivity contribution is 7.90. The van der Waals surface area contributed by atoms with Gasteiger partial charge in [-0.25, -0.2) is 13.1 Å². The summed E-state index contributed by atoms with van der Waals surface area (Å²) in [7, 11) is -2.52. The number of methoxy groups -OCH3 is 1. The fourth-order valence-electron chi connectivity index (χ4n) is 4.11. The van der Waals surface area contributed by atoms with E-state index in [0.29, 0.717) is 42.7 Å². The van der Waals surface area contributed by atoms with Crippen molar-refractivity contribution in [1.29, 1.82) is 0 Å². The van der Waals surface area contributed by atoms with Crippen LogP contribution in [-0.2, 0) is 25.0 Å². The van der Waals surface area contributed by atoms with Gasteiger partial charge in [0.2, 0.25) is 5.91 Å². The first-order valence-electron chi connectivity index (χ1n) is 10.1. The molecule has 1 aliphatic carbocycles. The van der Waals surface area contributed by atoms with E-state index in [9.17, 15) is 13.2 Å². The smallest absolute Gasteiger partial charge is 0.264 e. The Hall–Kier alpha value is -2.97. The summed E-state index contributed by atoms with van der Waals surface area (Å²) in [4.78, 5) is 17.5. The van der Waals surface area contributed by atoms with E-state index in [1.165, 1.54) is 6.07 Å². The summed E-state index contributed by atoms with van der Waals surface area (Å²) in [5.74, 6) is 0.340. The molecule has 1 aliphatic heterocycles. The number of nitrogens with one attached hydrogen (secondary N) is 1. The third kappa shape index (κ3) is 3.36. The van der Waals surface area contributed by atoms with Crippen molar-refractivity contribution in [3.8, 4) is 5.75 Å². The molecular weight excluding hydrogens is 416 g/mol. The van der Waals surface area contributed by atoms with Crippen molar-refractivity contribution in [1.82, 2.24) is 9.71 Å². The minimum absolute atomic E-state index is 0.0367. The van der Waals surface area contributed by atoms with Gasteiger partial charge in [-0.05, 0) is 48.7 Å². The Labute approximate surface area is 180 Å². The van der Waals surface area contributed by atoms with Gasteiger partial charge in [0.1, 0.15) is 5.75 Å². The fraction of sp³-hybridized carbons (Fsp3) is 0.304. The zero-order chi connectivity index (χ0) is 21.6.